The lowest BCUT2D eigenvalue weighted by atomic mass is 9.56. The van der Waals surface area contributed by atoms with Crippen LogP contribution in [-0.2, 0) is 23.7 Å². The Morgan fingerprint density at radius 1 is 1.09 bits per heavy atom. The van der Waals surface area contributed by atoms with Crippen molar-refractivity contribution in [3.63, 3.8) is 0 Å². The number of aldehydes is 1. The second-order valence-corrected chi connectivity index (χ2v) is 7.63. The number of allylic oxidation sites excluding steroid dienone is 1. The molecule has 0 unspecified atom stereocenters. The van der Waals surface area contributed by atoms with Gasteiger partial charge in [-0.15, -0.1) is 0 Å². The van der Waals surface area contributed by atoms with Gasteiger partial charge in [-0.1, -0.05) is 18.6 Å². The van der Waals surface area contributed by atoms with Crippen molar-refractivity contribution in [2.75, 3.05) is 26.4 Å². The fourth-order valence-corrected chi connectivity index (χ4v) is 4.98. The molecule has 0 aromatic carbocycles. The first-order chi connectivity index (χ1) is 11.0. The highest BCUT2D eigenvalue weighted by Gasteiger charge is 2.57. The molecule has 4 rings (SSSR count). The van der Waals surface area contributed by atoms with Crippen LogP contribution >= 0.6 is 0 Å². The topological polar surface area (TPSA) is 54.0 Å². The summed E-state index contributed by atoms with van der Waals surface area (Å²) < 4.78 is 23.5. The molecule has 2 heterocycles. The molecule has 128 valence electrons. The molecule has 3 atom stereocenters. The van der Waals surface area contributed by atoms with E-state index >= 15 is 0 Å². The maximum absolute atomic E-state index is 12.2. The van der Waals surface area contributed by atoms with Gasteiger partial charge in [0.2, 0.25) is 0 Å². The lowest BCUT2D eigenvalue weighted by Gasteiger charge is -2.51. The molecule has 0 N–H and O–H groups in total. The van der Waals surface area contributed by atoms with Crippen LogP contribution in [0.2, 0.25) is 0 Å². The van der Waals surface area contributed by atoms with Crippen LogP contribution in [-0.4, -0.2) is 44.3 Å². The molecule has 1 spiro atoms. The second kappa shape index (κ2) is 5.38. The molecule has 5 nitrogen and oxygen atoms in total. The van der Waals surface area contributed by atoms with E-state index in [0.717, 1.165) is 25.5 Å². The van der Waals surface area contributed by atoms with Gasteiger partial charge in [-0.2, -0.15) is 0 Å². The van der Waals surface area contributed by atoms with E-state index in [9.17, 15) is 4.79 Å². The van der Waals surface area contributed by atoms with Gasteiger partial charge in [-0.05, 0) is 25.7 Å². The van der Waals surface area contributed by atoms with E-state index in [2.05, 4.69) is 13.0 Å². The van der Waals surface area contributed by atoms with Gasteiger partial charge in [0.15, 0.2) is 11.6 Å². The summed E-state index contributed by atoms with van der Waals surface area (Å²) in [7, 11) is 0. The van der Waals surface area contributed by atoms with Crippen molar-refractivity contribution in [3.05, 3.63) is 11.6 Å². The van der Waals surface area contributed by atoms with Gasteiger partial charge < -0.3 is 23.7 Å². The summed E-state index contributed by atoms with van der Waals surface area (Å²) >= 11 is 0. The Hall–Kier alpha value is -0.750. The normalized spacial score (nSPS) is 41.6. The highest BCUT2D eigenvalue weighted by molar-refractivity contribution is 5.67. The van der Waals surface area contributed by atoms with Crippen molar-refractivity contribution in [1.82, 2.24) is 0 Å². The first kappa shape index (κ1) is 15.8. The third-order valence-electron chi connectivity index (χ3n) is 6.41. The average molecular weight is 322 g/mol. The monoisotopic (exact) mass is 322 g/mol. The maximum Gasteiger partial charge on any atom is 0.172 e. The van der Waals surface area contributed by atoms with Gasteiger partial charge in [0.1, 0.15) is 6.29 Å². The van der Waals surface area contributed by atoms with E-state index in [1.54, 1.807) is 0 Å². The van der Waals surface area contributed by atoms with Gasteiger partial charge in [0, 0.05) is 18.8 Å². The lowest BCUT2D eigenvalue weighted by Crippen LogP contribution is -2.52. The number of rotatable bonds is 2. The molecular formula is C18H26O5. The van der Waals surface area contributed by atoms with Crippen molar-refractivity contribution < 1.29 is 23.7 Å². The molecule has 2 aliphatic heterocycles. The third kappa shape index (κ3) is 2.32. The number of ether oxygens (including phenoxy) is 4. The standard InChI is InChI=1S/C18H26O5/c1-13-9-18(22-7-8-23-18)11-15-4-3-14(10-17(13,15)12-19)16(2)20-5-6-21-16/h4,12-14H,3,5-11H2,1-2H3/t13-,14-,17-/m1/s1. The molecule has 2 aliphatic carbocycles. The average Bonchev–Trinajstić information content (AvgIpc) is 3.17. The Morgan fingerprint density at radius 2 is 1.74 bits per heavy atom. The van der Waals surface area contributed by atoms with E-state index in [4.69, 9.17) is 18.9 Å². The Bertz CT molecular complexity index is 516. The van der Waals surface area contributed by atoms with Crippen LogP contribution in [0, 0.1) is 17.3 Å². The van der Waals surface area contributed by atoms with E-state index in [1.165, 1.54) is 5.57 Å². The van der Waals surface area contributed by atoms with E-state index in [-0.39, 0.29) is 11.8 Å². The summed E-state index contributed by atoms with van der Waals surface area (Å²) in [5.41, 5.74) is 0.757. The summed E-state index contributed by atoms with van der Waals surface area (Å²) in [6.45, 7) is 6.73. The van der Waals surface area contributed by atoms with Crippen LogP contribution in [0.1, 0.15) is 39.5 Å². The van der Waals surface area contributed by atoms with Crippen LogP contribution in [0.25, 0.3) is 0 Å². The predicted molar refractivity (Wildman–Crippen MR) is 82.6 cm³/mol. The zero-order chi connectivity index (χ0) is 16.1. The largest absolute Gasteiger partial charge is 0.348 e. The van der Waals surface area contributed by atoms with Crippen molar-refractivity contribution in [2.45, 2.75) is 51.1 Å². The SMILES string of the molecule is C[C@@H]1CC2(CC3=CC[C@@H](C4(C)OCCO4)C[C@]31C=O)OCCO2. The third-order valence-corrected chi connectivity index (χ3v) is 6.41. The van der Waals surface area contributed by atoms with Gasteiger partial charge in [-0.25, -0.2) is 0 Å². The molecule has 23 heavy (non-hydrogen) atoms. The quantitative estimate of drug-likeness (QED) is 0.577. The fraction of sp³-hybridized carbons (Fsp3) is 0.833. The van der Waals surface area contributed by atoms with Gasteiger partial charge >= 0.3 is 0 Å². The predicted octanol–water partition coefficient (Wildman–Crippen LogP) is 2.44. The number of carbonyl (C=O) groups is 1. The highest BCUT2D eigenvalue weighted by atomic mass is 16.7. The van der Waals surface area contributed by atoms with E-state index in [0.29, 0.717) is 32.8 Å². The van der Waals surface area contributed by atoms with Gasteiger partial charge in [0.05, 0.1) is 31.8 Å². The Morgan fingerprint density at radius 3 is 2.39 bits per heavy atom. The summed E-state index contributed by atoms with van der Waals surface area (Å²) in [5, 5.41) is 0. The van der Waals surface area contributed by atoms with Crippen LogP contribution in [0.15, 0.2) is 11.6 Å². The lowest BCUT2D eigenvalue weighted by molar-refractivity contribution is -0.207. The summed E-state index contributed by atoms with van der Waals surface area (Å²) in [6, 6.07) is 0. The van der Waals surface area contributed by atoms with Crippen LogP contribution in [0.5, 0.6) is 0 Å². The minimum atomic E-state index is -0.562. The van der Waals surface area contributed by atoms with Crippen LogP contribution in [0.3, 0.4) is 0 Å². The molecule has 0 radical (unpaired) electrons. The Labute approximate surface area is 137 Å². The molecule has 1 saturated carbocycles. The van der Waals surface area contributed by atoms with Crippen molar-refractivity contribution in [3.8, 4) is 0 Å². The first-order valence-electron chi connectivity index (χ1n) is 8.74. The molecule has 0 bridgehead atoms. The summed E-state index contributed by atoms with van der Waals surface area (Å²) in [6.07, 6.45) is 6.53. The molecule has 3 fully saturated rings. The van der Waals surface area contributed by atoms with Crippen molar-refractivity contribution in [2.24, 2.45) is 17.3 Å². The molecule has 2 saturated heterocycles. The van der Waals surface area contributed by atoms with E-state index in [1.807, 2.05) is 6.92 Å². The Balaban J connectivity index is 1.65. The number of fused-ring (bicyclic) bond motifs is 1. The minimum Gasteiger partial charge on any atom is -0.348 e. The maximum atomic E-state index is 12.2. The van der Waals surface area contributed by atoms with Gasteiger partial charge in [-0.3, -0.25) is 0 Å². The summed E-state index contributed by atoms with van der Waals surface area (Å²) in [4.78, 5) is 12.2. The van der Waals surface area contributed by atoms with Crippen molar-refractivity contribution in [1.29, 1.82) is 0 Å². The van der Waals surface area contributed by atoms with E-state index < -0.39 is 17.0 Å². The van der Waals surface area contributed by atoms with Crippen LogP contribution < -0.4 is 0 Å². The first-order valence-corrected chi connectivity index (χ1v) is 8.74. The molecule has 0 aromatic heterocycles. The molecular weight excluding hydrogens is 296 g/mol. The summed E-state index contributed by atoms with van der Waals surface area (Å²) in [5.74, 6) is -0.672. The molecule has 0 aromatic rings. The molecule has 4 aliphatic rings. The van der Waals surface area contributed by atoms with Gasteiger partial charge in [0.25, 0.3) is 0 Å². The van der Waals surface area contributed by atoms with Crippen LogP contribution in [0.4, 0.5) is 0 Å². The zero-order valence-electron chi connectivity index (χ0n) is 14.0. The Kier molecular flexibility index (Phi) is 3.69. The van der Waals surface area contributed by atoms with Crippen molar-refractivity contribution >= 4 is 6.29 Å². The number of hydrogen-bond donors (Lipinski definition) is 0. The fourth-order valence-electron chi connectivity index (χ4n) is 4.98. The molecule has 0 amide bonds. The smallest absolute Gasteiger partial charge is 0.172 e. The zero-order valence-corrected chi connectivity index (χ0v) is 14.0. The second-order valence-electron chi connectivity index (χ2n) is 7.63. The molecule has 5 heteroatoms. The minimum absolute atomic E-state index is 0.186. The number of carbonyl (C=O) groups excluding carboxylic acids is 1. The highest BCUT2D eigenvalue weighted by Crippen LogP contribution is 2.57. The number of hydrogen-bond acceptors (Lipinski definition) is 5.